The van der Waals surface area contributed by atoms with Crippen molar-refractivity contribution in [2.75, 3.05) is 26.8 Å². The number of hydrogen-bond donors (Lipinski definition) is 2. The second-order valence-electron chi connectivity index (χ2n) is 3.70. The summed E-state index contributed by atoms with van der Waals surface area (Å²) in [4.78, 5) is 0. The first-order chi connectivity index (χ1) is 8.15. The highest BCUT2D eigenvalue weighted by atomic mass is 19.1. The van der Waals surface area contributed by atoms with Gasteiger partial charge in [-0.25, -0.2) is 8.78 Å². The first-order valence-electron chi connectivity index (χ1n) is 5.22. The highest BCUT2D eigenvalue weighted by Gasteiger charge is 2.27. The molecule has 1 aliphatic rings. The molecule has 2 N–H and O–H groups in total. The first kappa shape index (κ1) is 12.1. The summed E-state index contributed by atoms with van der Waals surface area (Å²) in [5.74, 6) is -2.69. The molecule has 0 aromatic heterocycles. The fraction of sp³-hybridized carbons (Fsp3) is 0.455. The second kappa shape index (κ2) is 4.85. The van der Waals surface area contributed by atoms with E-state index in [0.29, 0.717) is 19.7 Å². The van der Waals surface area contributed by atoms with Crippen LogP contribution in [0.25, 0.3) is 0 Å². The van der Waals surface area contributed by atoms with Crippen LogP contribution in [0.1, 0.15) is 11.7 Å². The predicted octanol–water partition coefficient (Wildman–Crippen LogP) is 1.34. The van der Waals surface area contributed by atoms with Crippen molar-refractivity contribution in [3.05, 3.63) is 23.3 Å². The van der Waals surface area contributed by atoms with Gasteiger partial charge in [0, 0.05) is 19.2 Å². The van der Waals surface area contributed by atoms with Crippen LogP contribution in [0, 0.1) is 11.6 Å². The van der Waals surface area contributed by atoms with Gasteiger partial charge >= 0.3 is 0 Å². The molecule has 1 aliphatic heterocycles. The third-order valence-electron chi connectivity index (χ3n) is 2.65. The van der Waals surface area contributed by atoms with Gasteiger partial charge in [-0.1, -0.05) is 0 Å². The van der Waals surface area contributed by atoms with E-state index in [0.717, 1.165) is 6.07 Å². The predicted molar refractivity (Wildman–Crippen MR) is 56.1 cm³/mol. The minimum absolute atomic E-state index is 0.201. The van der Waals surface area contributed by atoms with E-state index in [1.54, 1.807) is 0 Å². The number of benzene rings is 1. The summed E-state index contributed by atoms with van der Waals surface area (Å²) in [6.07, 6.45) is -0.759. The molecule has 94 valence electrons. The molecule has 0 amide bonds. The quantitative estimate of drug-likeness (QED) is 0.825. The van der Waals surface area contributed by atoms with Crippen molar-refractivity contribution >= 4 is 0 Å². The molecule has 1 fully saturated rings. The summed E-state index contributed by atoms with van der Waals surface area (Å²) in [7, 11) is 1.25. The van der Waals surface area contributed by atoms with E-state index in [1.807, 2.05) is 0 Å². The minimum Gasteiger partial charge on any atom is -0.505 e. The number of rotatable bonds is 2. The molecule has 1 atom stereocenters. The lowest BCUT2D eigenvalue weighted by molar-refractivity contribution is 0.0226. The Morgan fingerprint density at radius 3 is 2.82 bits per heavy atom. The molecular formula is C11H13F2NO3. The fourth-order valence-electron chi connectivity index (χ4n) is 1.80. The Balaban J connectivity index is 2.46. The number of nitrogens with one attached hydrogen (secondary N) is 1. The second-order valence-corrected chi connectivity index (χ2v) is 3.70. The van der Waals surface area contributed by atoms with Gasteiger partial charge in [0.25, 0.3) is 0 Å². The molecule has 6 heteroatoms. The highest BCUT2D eigenvalue weighted by Crippen LogP contribution is 2.35. The summed E-state index contributed by atoms with van der Waals surface area (Å²) in [6, 6.07) is 0.907. The van der Waals surface area contributed by atoms with Gasteiger partial charge in [0.05, 0.1) is 19.3 Å². The Kier molecular flexibility index (Phi) is 3.44. The zero-order chi connectivity index (χ0) is 12.4. The van der Waals surface area contributed by atoms with Gasteiger partial charge in [0.2, 0.25) is 0 Å². The van der Waals surface area contributed by atoms with Crippen LogP contribution in [-0.2, 0) is 4.74 Å². The molecule has 1 aromatic carbocycles. The number of ether oxygens (including phenoxy) is 2. The number of halogens is 2. The summed E-state index contributed by atoms with van der Waals surface area (Å²) >= 11 is 0. The lowest BCUT2D eigenvalue weighted by Gasteiger charge is -2.25. The smallest absolute Gasteiger partial charge is 0.174 e. The van der Waals surface area contributed by atoms with E-state index in [9.17, 15) is 13.9 Å². The summed E-state index contributed by atoms with van der Waals surface area (Å²) < 4.78 is 37.6. The van der Waals surface area contributed by atoms with Crippen LogP contribution < -0.4 is 10.1 Å². The number of methoxy groups -OCH3 is 1. The van der Waals surface area contributed by atoms with Crippen molar-refractivity contribution in [3.8, 4) is 11.5 Å². The number of aromatic hydroxyl groups is 1. The molecule has 1 unspecified atom stereocenters. The maximum absolute atomic E-state index is 13.9. The van der Waals surface area contributed by atoms with Crippen molar-refractivity contribution in [1.82, 2.24) is 5.32 Å². The molecule has 1 saturated heterocycles. The molecule has 2 rings (SSSR count). The Morgan fingerprint density at radius 1 is 1.47 bits per heavy atom. The van der Waals surface area contributed by atoms with E-state index >= 15 is 0 Å². The lowest BCUT2D eigenvalue weighted by Crippen LogP contribution is -2.34. The Morgan fingerprint density at radius 2 is 2.24 bits per heavy atom. The highest BCUT2D eigenvalue weighted by molar-refractivity contribution is 5.42. The van der Waals surface area contributed by atoms with Crippen LogP contribution in [0.4, 0.5) is 8.78 Å². The summed E-state index contributed by atoms with van der Waals surface area (Å²) in [6.45, 7) is 1.29. The number of hydrogen-bond acceptors (Lipinski definition) is 4. The van der Waals surface area contributed by atoms with Gasteiger partial charge in [-0.2, -0.15) is 0 Å². The SMILES string of the molecule is COc1cc(O)c(F)c(C2CNCCO2)c1F. The van der Waals surface area contributed by atoms with Gasteiger partial charge in [0.15, 0.2) is 23.1 Å². The topological polar surface area (TPSA) is 50.7 Å². The molecule has 0 saturated carbocycles. The molecule has 4 nitrogen and oxygen atoms in total. The van der Waals surface area contributed by atoms with Crippen LogP contribution in [0.3, 0.4) is 0 Å². The van der Waals surface area contributed by atoms with Crippen molar-refractivity contribution in [2.45, 2.75) is 6.10 Å². The van der Waals surface area contributed by atoms with Crippen molar-refractivity contribution in [1.29, 1.82) is 0 Å². The lowest BCUT2D eigenvalue weighted by atomic mass is 10.1. The molecule has 1 heterocycles. The third-order valence-corrected chi connectivity index (χ3v) is 2.65. The van der Waals surface area contributed by atoms with Crippen LogP contribution in [0.2, 0.25) is 0 Å². The van der Waals surface area contributed by atoms with E-state index < -0.39 is 23.5 Å². The van der Waals surface area contributed by atoms with Crippen LogP contribution in [-0.4, -0.2) is 31.9 Å². The van der Waals surface area contributed by atoms with E-state index in [2.05, 4.69) is 5.32 Å². The Hall–Kier alpha value is -1.40. The van der Waals surface area contributed by atoms with E-state index in [4.69, 9.17) is 9.47 Å². The third kappa shape index (κ3) is 2.18. The number of phenolic OH excluding ortho intramolecular Hbond substituents is 1. The van der Waals surface area contributed by atoms with Gasteiger partial charge in [-0.05, 0) is 0 Å². The van der Waals surface area contributed by atoms with Gasteiger partial charge in [-0.15, -0.1) is 0 Å². The van der Waals surface area contributed by atoms with Crippen LogP contribution in [0.5, 0.6) is 11.5 Å². The number of morpholine rings is 1. The summed E-state index contributed by atoms with van der Waals surface area (Å²) in [5.41, 5.74) is -0.297. The monoisotopic (exact) mass is 245 g/mol. The summed E-state index contributed by atoms with van der Waals surface area (Å²) in [5, 5.41) is 12.3. The van der Waals surface area contributed by atoms with Gasteiger partial charge in [0.1, 0.15) is 6.10 Å². The van der Waals surface area contributed by atoms with E-state index in [-0.39, 0.29) is 11.3 Å². The van der Waals surface area contributed by atoms with Crippen molar-refractivity contribution in [2.24, 2.45) is 0 Å². The average Bonchev–Trinajstić information content (AvgIpc) is 2.35. The van der Waals surface area contributed by atoms with Crippen molar-refractivity contribution < 1.29 is 23.4 Å². The molecule has 17 heavy (non-hydrogen) atoms. The average molecular weight is 245 g/mol. The van der Waals surface area contributed by atoms with Crippen LogP contribution in [0.15, 0.2) is 6.07 Å². The Labute approximate surface area is 97.2 Å². The minimum atomic E-state index is -1.00. The first-order valence-corrected chi connectivity index (χ1v) is 5.22. The van der Waals surface area contributed by atoms with Crippen molar-refractivity contribution in [3.63, 3.8) is 0 Å². The van der Waals surface area contributed by atoms with Gasteiger partial charge in [-0.3, -0.25) is 0 Å². The molecular weight excluding hydrogens is 232 g/mol. The molecule has 0 radical (unpaired) electrons. The zero-order valence-corrected chi connectivity index (χ0v) is 9.30. The zero-order valence-electron chi connectivity index (χ0n) is 9.30. The normalized spacial score (nSPS) is 20.3. The maximum atomic E-state index is 13.9. The standard InChI is InChI=1S/C11H13F2NO3/c1-16-7-4-6(15)10(12)9(11(7)13)8-5-14-2-3-17-8/h4,8,14-15H,2-3,5H2,1H3. The van der Waals surface area contributed by atoms with E-state index in [1.165, 1.54) is 7.11 Å². The molecule has 0 aliphatic carbocycles. The fourth-order valence-corrected chi connectivity index (χ4v) is 1.80. The molecule has 0 spiro atoms. The maximum Gasteiger partial charge on any atom is 0.174 e. The van der Waals surface area contributed by atoms with Crippen LogP contribution >= 0.6 is 0 Å². The molecule has 1 aromatic rings. The number of phenols is 1. The molecule has 0 bridgehead atoms. The largest absolute Gasteiger partial charge is 0.505 e. The van der Waals surface area contributed by atoms with Gasteiger partial charge < -0.3 is 19.9 Å². The Bertz CT molecular complexity index is 420.